The molecule has 2 amide bonds. The van der Waals surface area contributed by atoms with E-state index < -0.39 is 0 Å². The first-order valence-corrected chi connectivity index (χ1v) is 12.3. The van der Waals surface area contributed by atoms with Gasteiger partial charge in [0, 0.05) is 32.2 Å². The summed E-state index contributed by atoms with van der Waals surface area (Å²) in [7, 11) is 0. The van der Waals surface area contributed by atoms with Gasteiger partial charge in [-0.1, -0.05) is 32.6 Å². The van der Waals surface area contributed by atoms with Crippen LogP contribution in [0.15, 0.2) is 0 Å². The third kappa shape index (κ3) is 6.11. The molecule has 4 nitrogen and oxygen atoms in total. The summed E-state index contributed by atoms with van der Waals surface area (Å²) in [5.74, 6) is 2.65. The van der Waals surface area contributed by atoms with Gasteiger partial charge in [0.25, 0.3) is 0 Å². The number of hydrogen-bond donors (Lipinski definition) is 0. The van der Waals surface area contributed by atoms with Crippen molar-refractivity contribution >= 4 is 6.03 Å². The molecule has 3 rings (SSSR count). The van der Waals surface area contributed by atoms with Crippen LogP contribution in [0.4, 0.5) is 4.79 Å². The van der Waals surface area contributed by atoms with Gasteiger partial charge in [-0.2, -0.15) is 0 Å². The summed E-state index contributed by atoms with van der Waals surface area (Å²) in [6, 6.07) is 1.04. The Morgan fingerprint density at radius 3 is 1.61 bits per heavy atom. The minimum atomic E-state index is 0.324. The van der Waals surface area contributed by atoms with Crippen molar-refractivity contribution in [3.05, 3.63) is 0 Å². The van der Waals surface area contributed by atoms with Crippen LogP contribution >= 0.6 is 0 Å². The van der Waals surface area contributed by atoms with Crippen LogP contribution < -0.4 is 0 Å². The van der Waals surface area contributed by atoms with Crippen molar-refractivity contribution in [2.24, 2.45) is 17.8 Å². The summed E-state index contributed by atoms with van der Waals surface area (Å²) in [6.45, 7) is 13.5. The van der Waals surface area contributed by atoms with Gasteiger partial charge in [-0.05, 0) is 83.2 Å². The zero-order valence-corrected chi connectivity index (χ0v) is 18.9. The standard InChI is InChI=1S/C24H45N3O/c1-4-21-8-16-26(17-9-21)24(28)27-18-12-23(13-19-27)7-5-6-22-10-14-25(15-11-22)20(2)3/h20-23H,4-19H2,1-3H3. The normalized spacial score (nSPS) is 24.3. The number of urea groups is 1. The first-order valence-electron chi connectivity index (χ1n) is 12.3. The van der Waals surface area contributed by atoms with Gasteiger partial charge in [0.15, 0.2) is 0 Å². The molecule has 0 bridgehead atoms. The Morgan fingerprint density at radius 1 is 0.750 bits per heavy atom. The summed E-state index contributed by atoms with van der Waals surface area (Å²) in [4.78, 5) is 19.7. The first kappa shape index (κ1) is 21.9. The van der Waals surface area contributed by atoms with Gasteiger partial charge in [-0.25, -0.2) is 4.79 Å². The molecular weight excluding hydrogens is 346 g/mol. The number of piperidine rings is 3. The fourth-order valence-electron chi connectivity index (χ4n) is 5.60. The summed E-state index contributed by atoms with van der Waals surface area (Å²) in [6.07, 6.45) is 13.1. The summed E-state index contributed by atoms with van der Waals surface area (Å²) >= 11 is 0. The smallest absolute Gasteiger partial charge is 0.319 e. The highest BCUT2D eigenvalue weighted by Crippen LogP contribution is 2.28. The van der Waals surface area contributed by atoms with E-state index in [1.165, 1.54) is 77.3 Å². The fraction of sp³-hybridized carbons (Fsp3) is 0.958. The van der Waals surface area contributed by atoms with E-state index in [0.29, 0.717) is 12.1 Å². The van der Waals surface area contributed by atoms with Crippen LogP contribution in [0.3, 0.4) is 0 Å². The van der Waals surface area contributed by atoms with Crippen LogP contribution in [0.2, 0.25) is 0 Å². The van der Waals surface area contributed by atoms with Gasteiger partial charge >= 0.3 is 6.03 Å². The lowest BCUT2D eigenvalue weighted by Crippen LogP contribution is -2.49. The summed E-state index contributed by atoms with van der Waals surface area (Å²) in [5.41, 5.74) is 0. The molecular formula is C24H45N3O. The summed E-state index contributed by atoms with van der Waals surface area (Å²) < 4.78 is 0. The second-order valence-electron chi connectivity index (χ2n) is 10.1. The molecule has 3 fully saturated rings. The minimum Gasteiger partial charge on any atom is -0.325 e. The molecule has 28 heavy (non-hydrogen) atoms. The molecule has 3 saturated heterocycles. The maximum Gasteiger partial charge on any atom is 0.319 e. The number of carbonyl (C=O) groups excluding carboxylic acids is 1. The van der Waals surface area contributed by atoms with E-state index in [1.807, 2.05) is 0 Å². The van der Waals surface area contributed by atoms with Gasteiger partial charge in [0.1, 0.15) is 0 Å². The molecule has 0 aromatic heterocycles. The lowest BCUT2D eigenvalue weighted by atomic mass is 9.86. The van der Waals surface area contributed by atoms with Gasteiger partial charge < -0.3 is 14.7 Å². The lowest BCUT2D eigenvalue weighted by molar-refractivity contribution is 0.113. The number of carbonyl (C=O) groups is 1. The molecule has 3 heterocycles. The van der Waals surface area contributed by atoms with Gasteiger partial charge in [0.05, 0.1) is 0 Å². The van der Waals surface area contributed by atoms with E-state index in [-0.39, 0.29) is 0 Å². The minimum absolute atomic E-state index is 0.324. The highest BCUT2D eigenvalue weighted by Gasteiger charge is 2.29. The zero-order chi connectivity index (χ0) is 19.9. The van der Waals surface area contributed by atoms with Crippen LogP contribution in [0.1, 0.15) is 85.0 Å². The topological polar surface area (TPSA) is 26.8 Å². The van der Waals surface area contributed by atoms with Crippen LogP contribution in [0.25, 0.3) is 0 Å². The predicted octanol–water partition coefficient (Wildman–Crippen LogP) is 5.23. The molecule has 0 radical (unpaired) electrons. The van der Waals surface area contributed by atoms with Crippen molar-refractivity contribution in [3.8, 4) is 0 Å². The van der Waals surface area contributed by atoms with Crippen molar-refractivity contribution in [1.82, 2.24) is 14.7 Å². The van der Waals surface area contributed by atoms with Gasteiger partial charge in [0.2, 0.25) is 0 Å². The molecule has 0 unspecified atom stereocenters. The molecule has 4 heteroatoms. The van der Waals surface area contributed by atoms with E-state index >= 15 is 0 Å². The second kappa shape index (κ2) is 10.8. The number of nitrogens with zero attached hydrogens (tertiary/aromatic N) is 3. The van der Waals surface area contributed by atoms with Crippen molar-refractivity contribution in [2.45, 2.75) is 91.0 Å². The maximum atomic E-state index is 12.8. The molecule has 162 valence electrons. The quantitative estimate of drug-likeness (QED) is 0.620. The predicted molar refractivity (Wildman–Crippen MR) is 118 cm³/mol. The molecule has 0 N–H and O–H groups in total. The molecule has 0 aromatic rings. The van der Waals surface area contributed by atoms with Crippen LogP contribution in [0.5, 0.6) is 0 Å². The summed E-state index contributed by atoms with van der Waals surface area (Å²) in [5, 5.41) is 0. The average Bonchev–Trinajstić information content (AvgIpc) is 2.74. The second-order valence-corrected chi connectivity index (χ2v) is 10.1. The van der Waals surface area contributed by atoms with Gasteiger partial charge in [-0.15, -0.1) is 0 Å². The van der Waals surface area contributed by atoms with Crippen LogP contribution in [-0.2, 0) is 0 Å². The molecule has 0 aliphatic carbocycles. The Bertz CT molecular complexity index is 456. The molecule has 0 aromatic carbocycles. The van der Waals surface area contributed by atoms with Crippen molar-refractivity contribution in [3.63, 3.8) is 0 Å². The molecule has 3 aliphatic heterocycles. The van der Waals surface area contributed by atoms with Gasteiger partial charge in [-0.3, -0.25) is 0 Å². The average molecular weight is 392 g/mol. The molecule has 3 aliphatic rings. The van der Waals surface area contributed by atoms with Crippen molar-refractivity contribution < 1.29 is 4.79 Å². The number of amides is 2. The number of rotatable bonds is 6. The zero-order valence-electron chi connectivity index (χ0n) is 18.9. The third-order valence-corrected chi connectivity index (χ3v) is 7.95. The largest absolute Gasteiger partial charge is 0.325 e. The van der Waals surface area contributed by atoms with Crippen LogP contribution in [-0.4, -0.2) is 66.0 Å². The Labute approximate surface area is 174 Å². The van der Waals surface area contributed by atoms with E-state index in [9.17, 15) is 4.79 Å². The number of hydrogen-bond acceptors (Lipinski definition) is 2. The Kier molecular flexibility index (Phi) is 8.50. The Morgan fingerprint density at radius 2 is 1.18 bits per heavy atom. The molecule has 0 atom stereocenters. The Balaban J connectivity index is 1.28. The SMILES string of the molecule is CCC1CCN(C(=O)N2CCC(CCCC3CCN(C(C)C)CC3)CC2)CC1. The third-order valence-electron chi connectivity index (χ3n) is 7.95. The van der Waals surface area contributed by atoms with E-state index in [1.54, 1.807) is 0 Å². The highest BCUT2D eigenvalue weighted by molar-refractivity contribution is 5.74. The van der Waals surface area contributed by atoms with Crippen LogP contribution in [0, 0.1) is 17.8 Å². The van der Waals surface area contributed by atoms with Crippen molar-refractivity contribution in [1.29, 1.82) is 0 Å². The molecule has 0 spiro atoms. The fourth-order valence-corrected chi connectivity index (χ4v) is 5.60. The lowest BCUT2D eigenvalue weighted by Gasteiger charge is -2.39. The number of likely N-dealkylation sites (tertiary alicyclic amines) is 3. The van der Waals surface area contributed by atoms with E-state index in [4.69, 9.17) is 0 Å². The molecule has 0 saturated carbocycles. The first-order chi connectivity index (χ1) is 13.6. The van der Waals surface area contributed by atoms with E-state index in [2.05, 4.69) is 35.5 Å². The van der Waals surface area contributed by atoms with Crippen molar-refractivity contribution in [2.75, 3.05) is 39.3 Å². The maximum absolute atomic E-state index is 12.8. The Hall–Kier alpha value is -0.770. The monoisotopic (exact) mass is 391 g/mol. The van der Waals surface area contributed by atoms with E-state index in [0.717, 1.165) is 43.9 Å². The highest BCUT2D eigenvalue weighted by atomic mass is 16.2.